The maximum atomic E-state index is 13.1. The Morgan fingerprint density at radius 3 is 2.63 bits per heavy atom. The fourth-order valence-electron chi connectivity index (χ4n) is 3.98. The molecule has 30 heavy (non-hydrogen) atoms. The number of sulfone groups is 1. The number of nitrogens with zero attached hydrogens (tertiary/aromatic N) is 5. The largest absolute Gasteiger partial charge is 0.376 e. The molecular formula is C21H33N5O3S. The first-order chi connectivity index (χ1) is 14.3. The van der Waals surface area contributed by atoms with Crippen LogP contribution in [0.25, 0.3) is 0 Å². The van der Waals surface area contributed by atoms with Crippen LogP contribution < -0.4 is 0 Å². The standard InChI is InChI=1S/C21H33N5O3S/c1-16(2)25(14-20-22-8-9-24(20)3)12-18-11-23-21(30(27,28)15-17-6-7-17)26(18)13-19-5-4-10-29-19/h8-9,11,16-17,19H,4-7,10,12-15H2,1-3H3/t19-/m0/s1. The predicted molar refractivity (Wildman–Crippen MR) is 114 cm³/mol. The molecule has 4 rings (SSSR count). The van der Waals surface area contributed by atoms with E-state index in [0.29, 0.717) is 25.6 Å². The lowest BCUT2D eigenvalue weighted by atomic mass is 10.2. The highest BCUT2D eigenvalue weighted by molar-refractivity contribution is 7.91. The Labute approximate surface area is 179 Å². The lowest BCUT2D eigenvalue weighted by Gasteiger charge is -2.27. The quantitative estimate of drug-likeness (QED) is 0.570. The van der Waals surface area contributed by atoms with E-state index in [1.54, 1.807) is 12.4 Å². The van der Waals surface area contributed by atoms with E-state index in [1.165, 1.54) is 0 Å². The number of aromatic nitrogens is 4. The predicted octanol–water partition coefficient (Wildman–Crippen LogP) is 2.39. The first kappa shape index (κ1) is 21.5. The summed E-state index contributed by atoms with van der Waals surface area (Å²) in [5.74, 6) is 1.48. The lowest BCUT2D eigenvalue weighted by Crippen LogP contribution is -2.32. The first-order valence-electron chi connectivity index (χ1n) is 10.9. The fourth-order valence-corrected chi connectivity index (χ4v) is 5.83. The average Bonchev–Trinajstić information content (AvgIpc) is 3.07. The van der Waals surface area contributed by atoms with Crippen molar-refractivity contribution < 1.29 is 13.2 Å². The molecule has 2 fully saturated rings. The second-order valence-electron chi connectivity index (χ2n) is 8.96. The zero-order valence-corrected chi connectivity index (χ0v) is 19.0. The minimum atomic E-state index is -3.40. The van der Waals surface area contributed by atoms with Gasteiger partial charge < -0.3 is 13.9 Å². The Hall–Kier alpha value is -1.71. The number of aryl methyl sites for hydroxylation is 1. The van der Waals surface area contributed by atoms with E-state index in [-0.39, 0.29) is 23.1 Å². The van der Waals surface area contributed by atoms with Gasteiger partial charge in [0, 0.05) is 38.6 Å². The molecule has 1 aliphatic carbocycles. The van der Waals surface area contributed by atoms with Crippen molar-refractivity contribution in [3.8, 4) is 0 Å². The van der Waals surface area contributed by atoms with Crippen LogP contribution in [-0.4, -0.2) is 56.9 Å². The van der Waals surface area contributed by atoms with Gasteiger partial charge in [-0.3, -0.25) is 4.90 Å². The molecule has 1 atom stereocenters. The molecule has 0 spiro atoms. The summed E-state index contributed by atoms with van der Waals surface area (Å²) >= 11 is 0. The van der Waals surface area contributed by atoms with Gasteiger partial charge in [0.15, 0.2) is 0 Å². The fraction of sp³-hybridized carbons (Fsp3) is 0.714. The molecule has 2 aromatic heterocycles. The van der Waals surface area contributed by atoms with Crippen LogP contribution in [0, 0.1) is 5.92 Å². The summed E-state index contributed by atoms with van der Waals surface area (Å²) in [7, 11) is -1.41. The summed E-state index contributed by atoms with van der Waals surface area (Å²) in [6.07, 6.45) is 9.53. The van der Waals surface area contributed by atoms with E-state index in [2.05, 4.69) is 28.7 Å². The second kappa shape index (κ2) is 8.80. The number of hydrogen-bond acceptors (Lipinski definition) is 6. The highest BCUT2D eigenvalue weighted by Crippen LogP contribution is 2.32. The van der Waals surface area contributed by atoms with E-state index >= 15 is 0 Å². The van der Waals surface area contributed by atoms with Gasteiger partial charge in [-0.25, -0.2) is 18.4 Å². The Bertz CT molecular complexity index is 955. The number of rotatable bonds is 10. The molecule has 1 aliphatic heterocycles. The summed E-state index contributed by atoms with van der Waals surface area (Å²) in [5, 5.41) is 0.209. The Morgan fingerprint density at radius 1 is 1.23 bits per heavy atom. The smallest absolute Gasteiger partial charge is 0.227 e. The molecule has 8 nitrogen and oxygen atoms in total. The van der Waals surface area contributed by atoms with E-state index in [1.807, 2.05) is 22.4 Å². The molecule has 9 heteroatoms. The van der Waals surface area contributed by atoms with Gasteiger partial charge >= 0.3 is 0 Å². The van der Waals surface area contributed by atoms with Gasteiger partial charge in [0.1, 0.15) is 5.82 Å². The molecular weight excluding hydrogens is 402 g/mol. The monoisotopic (exact) mass is 435 g/mol. The highest BCUT2D eigenvalue weighted by atomic mass is 32.2. The molecule has 166 valence electrons. The molecule has 0 aromatic carbocycles. The van der Waals surface area contributed by atoms with E-state index in [4.69, 9.17) is 4.74 Å². The average molecular weight is 436 g/mol. The van der Waals surface area contributed by atoms with Crippen molar-refractivity contribution in [1.29, 1.82) is 0 Å². The first-order valence-corrected chi connectivity index (χ1v) is 12.6. The van der Waals surface area contributed by atoms with Crippen LogP contribution in [0.1, 0.15) is 51.0 Å². The maximum Gasteiger partial charge on any atom is 0.227 e. The molecule has 1 saturated carbocycles. The molecule has 0 bridgehead atoms. The van der Waals surface area contributed by atoms with Gasteiger partial charge in [0.05, 0.1) is 36.8 Å². The van der Waals surface area contributed by atoms with Crippen molar-refractivity contribution in [1.82, 2.24) is 24.0 Å². The van der Waals surface area contributed by atoms with Crippen LogP contribution in [0.15, 0.2) is 23.7 Å². The van der Waals surface area contributed by atoms with Crippen molar-refractivity contribution in [2.24, 2.45) is 13.0 Å². The zero-order chi connectivity index (χ0) is 21.3. The Morgan fingerprint density at radius 2 is 2.03 bits per heavy atom. The number of hydrogen-bond donors (Lipinski definition) is 0. The van der Waals surface area contributed by atoms with Crippen LogP contribution in [0.2, 0.25) is 0 Å². The molecule has 2 aromatic rings. The molecule has 0 radical (unpaired) electrons. The molecule has 0 amide bonds. The van der Waals surface area contributed by atoms with Crippen LogP contribution in [0.4, 0.5) is 0 Å². The van der Waals surface area contributed by atoms with Gasteiger partial charge in [-0.1, -0.05) is 0 Å². The van der Waals surface area contributed by atoms with E-state index < -0.39 is 9.84 Å². The zero-order valence-electron chi connectivity index (χ0n) is 18.2. The molecule has 0 N–H and O–H groups in total. The van der Waals surface area contributed by atoms with Crippen LogP contribution in [0.5, 0.6) is 0 Å². The summed E-state index contributed by atoms with van der Waals surface area (Å²) in [6.45, 7) is 6.89. The van der Waals surface area contributed by atoms with Gasteiger partial charge in [-0.05, 0) is 45.4 Å². The molecule has 3 heterocycles. The maximum absolute atomic E-state index is 13.1. The van der Waals surface area contributed by atoms with Crippen molar-refractivity contribution in [2.45, 2.75) is 76.5 Å². The third kappa shape index (κ3) is 4.95. The van der Waals surface area contributed by atoms with Crippen molar-refractivity contribution in [3.63, 3.8) is 0 Å². The summed E-state index contributed by atoms with van der Waals surface area (Å²) in [5.41, 5.74) is 0.919. The molecule has 1 saturated heterocycles. The number of ether oxygens (including phenoxy) is 1. The Kier molecular flexibility index (Phi) is 6.31. The topological polar surface area (TPSA) is 82.3 Å². The van der Waals surface area contributed by atoms with Crippen LogP contribution in [0.3, 0.4) is 0 Å². The summed E-state index contributed by atoms with van der Waals surface area (Å²) in [6, 6.07) is 0.277. The van der Waals surface area contributed by atoms with Crippen molar-refractivity contribution in [3.05, 3.63) is 30.1 Å². The minimum Gasteiger partial charge on any atom is -0.376 e. The lowest BCUT2D eigenvalue weighted by molar-refractivity contribution is 0.0926. The second-order valence-corrected chi connectivity index (χ2v) is 10.9. The summed E-state index contributed by atoms with van der Waals surface area (Å²) < 4.78 is 35.9. The third-order valence-electron chi connectivity index (χ3n) is 6.10. The van der Waals surface area contributed by atoms with Crippen molar-refractivity contribution in [2.75, 3.05) is 12.4 Å². The third-order valence-corrected chi connectivity index (χ3v) is 7.90. The number of imidazole rings is 2. The van der Waals surface area contributed by atoms with Crippen LogP contribution in [-0.2, 0) is 41.3 Å². The van der Waals surface area contributed by atoms with Gasteiger partial charge in [0.25, 0.3) is 0 Å². The summed E-state index contributed by atoms with van der Waals surface area (Å²) in [4.78, 5) is 11.2. The Balaban J connectivity index is 1.61. The molecule has 0 unspecified atom stereocenters. The van der Waals surface area contributed by atoms with Gasteiger partial charge in [-0.2, -0.15) is 0 Å². The normalized spacial score (nSPS) is 20.0. The van der Waals surface area contributed by atoms with Gasteiger partial charge in [0.2, 0.25) is 15.0 Å². The highest BCUT2D eigenvalue weighted by Gasteiger charge is 2.33. The SMILES string of the molecule is CC(C)N(Cc1nccn1C)Cc1cnc(S(=O)(=O)CC2CC2)n1C[C@@H]1CCCO1. The minimum absolute atomic E-state index is 0.0508. The van der Waals surface area contributed by atoms with E-state index in [9.17, 15) is 8.42 Å². The van der Waals surface area contributed by atoms with Crippen LogP contribution >= 0.6 is 0 Å². The molecule has 2 aliphatic rings. The van der Waals surface area contributed by atoms with Crippen molar-refractivity contribution >= 4 is 9.84 Å². The van der Waals surface area contributed by atoms with E-state index in [0.717, 1.165) is 43.8 Å². The van der Waals surface area contributed by atoms with Gasteiger partial charge in [-0.15, -0.1) is 0 Å².